The Bertz CT molecular complexity index is 492. The van der Waals surface area contributed by atoms with Gasteiger partial charge in [0, 0.05) is 13.1 Å². The molecule has 0 amide bonds. The molecule has 0 bridgehead atoms. The standard InChI is InChI=1S/C24H41N3.ClH/c1-2-3-4-5-6-7-8-9-10-11-12-16-20-26(27-21-19-25-23-27)22-24-17-14-13-15-18-24;/h13-15,17-18,23H,2-12,16,19-22H2,1H3;1H. The van der Waals surface area contributed by atoms with Crippen LogP contribution < -0.4 is 0 Å². The molecule has 160 valence electrons. The molecule has 0 unspecified atom stereocenters. The molecule has 1 aliphatic rings. The van der Waals surface area contributed by atoms with Gasteiger partial charge in [-0.1, -0.05) is 108 Å². The third-order valence-corrected chi connectivity index (χ3v) is 5.51. The molecule has 0 saturated carbocycles. The molecule has 0 fully saturated rings. The lowest BCUT2D eigenvalue weighted by atomic mass is 10.1. The van der Waals surface area contributed by atoms with Crippen LogP contribution in [0.1, 0.15) is 89.5 Å². The number of hydrazine groups is 1. The summed E-state index contributed by atoms with van der Waals surface area (Å²) in [5, 5.41) is 4.79. The van der Waals surface area contributed by atoms with Gasteiger partial charge in [0.25, 0.3) is 0 Å². The van der Waals surface area contributed by atoms with Crippen molar-refractivity contribution in [3.63, 3.8) is 0 Å². The second-order valence-electron chi connectivity index (χ2n) is 7.95. The van der Waals surface area contributed by atoms with E-state index in [1.54, 1.807) is 0 Å². The first-order valence-electron chi connectivity index (χ1n) is 11.5. The summed E-state index contributed by atoms with van der Waals surface area (Å²) in [6.45, 7) is 6.39. The highest BCUT2D eigenvalue weighted by molar-refractivity contribution is 5.85. The minimum absolute atomic E-state index is 0. The number of aliphatic imine (C=N–C) groups is 1. The molecule has 0 aliphatic carbocycles. The van der Waals surface area contributed by atoms with Gasteiger partial charge < -0.3 is 0 Å². The van der Waals surface area contributed by atoms with E-state index in [1.165, 1.54) is 82.6 Å². The first-order valence-corrected chi connectivity index (χ1v) is 11.5. The Balaban J connectivity index is 0.00000392. The zero-order valence-corrected chi connectivity index (χ0v) is 18.8. The number of nitrogens with zero attached hydrogens (tertiary/aromatic N) is 3. The fourth-order valence-corrected chi connectivity index (χ4v) is 3.81. The molecule has 1 aromatic rings. The van der Waals surface area contributed by atoms with Gasteiger partial charge in [-0.2, -0.15) is 0 Å². The highest BCUT2D eigenvalue weighted by Gasteiger charge is 2.15. The van der Waals surface area contributed by atoms with E-state index in [4.69, 9.17) is 0 Å². The molecular weight excluding hydrogens is 366 g/mol. The smallest absolute Gasteiger partial charge is 0.0995 e. The van der Waals surface area contributed by atoms with Gasteiger partial charge in [-0.3, -0.25) is 10.0 Å². The lowest BCUT2D eigenvalue weighted by Crippen LogP contribution is -2.40. The van der Waals surface area contributed by atoms with Gasteiger partial charge in [0.1, 0.15) is 0 Å². The first kappa shape index (κ1) is 25.0. The van der Waals surface area contributed by atoms with Crippen molar-refractivity contribution in [1.29, 1.82) is 0 Å². The van der Waals surface area contributed by atoms with Crippen LogP contribution in [0.5, 0.6) is 0 Å². The Labute approximate surface area is 180 Å². The Kier molecular flexibility index (Phi) is 15.0. The van der Waals surface area contributed by atoms with Crippen molar-refractivity contribution < 1.29 is 0 Å². The number of benzene rings is 1. The number of hydrogen-bond acceptors (Lipinski definition) is 3. The number of halogens is 1. The zero-order valence-electron chi connectivity index (χ0n) is 18.0. The average molecular weight is 408 g/mol. The molecule has 0 atom stereocenters. The van der Waals surface area contributed by atoms with Gasteiger partial charge in [0.2, 0.25) is 0 Å². The van der Waals surface area contributed by atoms with Gasteiger partial charge in [-0.15, -0.1) is 12.4 Å². The van der Waals surface area contributed by atoms with Gasteiger partial charge in [-0.25, -0.2) is 5.01 Å². The molecule has 0 aromatic heterocycles. The van der Waals surface area contributed by atoms with Crippen LogP contribution in [0.15, 0.2) is 35.3 Å². The molecular formula is C24H42ClN3. The van der Waals surface area contributed by atoms with Gasteiger partial charge >= 0.3 is 0 Å². The van der Waals surface area contributed by atoms with E-state index in [-0.39, 0.29) is 12.4 Å². The third-order valence-electron chi connectivity index (χ3n) is 5.51. The summed E-state index contributed by atoms with van der Waals surface area (Å²) in [6, 6.07) is 10.8. The number of hydrogen-bond donors (Lipinski definition) is 0. The van der Waals surface area contributed by atoms with Crippen molar-refractivity contribution in [3.05, 3.63) is 35.9 Å². The van der Waals surface area contributed by atoms with Crippen molar-refractivity contribution in [3.8, 4) is 0 Å². The molecule has 1 aromatic carbocycles. The van der Waals surface area contributed by atoms with Crippen LogP contribution in [0.4, 0.5) is 0 Å². The second-order valence-corrected chi connectivity index (χ2v) is 7.95. The van der Waals surface area contributed by atoms with Crippen LogP contribution in [0.2, 0.25) is 0 Å². The van der Waals surface area contributed by atoms with E-state index in [2.05, 4.69) is 52.3 Å². The maximum Gasteiger partial charge on any atom is 0.0995 e. The second kappa shape index (κ2) is 16.9. The van der Waals surface area contributed by atoms with Gasteiger partial charge in [0.15, 0.2) is 0 Å². The molecule has 1 aliphatic heterocycles. The Morgan fingerprint density at radius 1 is 0.821 bits per heavy atom. The molecule has 0 spiro atoms. The summed E-state index contributed by atoms with van der Waals surface area (Å²) in [6.07, 6.45) is 18.9. The lowest BCUT2D eigenvalue weighted by molar-refractivity contribution is 0.0486. The predicted octanol–water partition coefficient (Wildman–Crippen LogP) is 6.87. The molecule has 1 heterocycles. The minimum Gasteiger partial charge on any atom is -0.294 e. The largest absolute Gasteiger partial charge is 0.294 e. The van der Waals surface area contributed by atoms with Crippen LogP contribution in [0, 0.1) is 0 Å². The summed E-state index contributed by atoms with van der Waals surface area (Å²) < 4.78 is 0. The molecule has 2 rings (SSSR count). The van der Waals surface area contributed by atoms with Crippen LogP contribution in [0.3, 0.4) is 0 Å². The first-order chi connectivity index (χ1) is 13.4. The van der Waals surface area contributed by atoms with Crippen LogP contribution in [-0.4, -0.2) is 36.0 Å². The summed E-state index contributed by atoms with van der Waals surface area (Å²) in [4.78, 5) is 4.40. The van der Waals surface area contributed by atoms with Crippen LogP contribution >= 0.6 is 12.4 Å². The highest BCUT2D eigenvalue weighted by Crippen LogP contribution is 2.14. The van der Waals surface area contributed by atoms with E-state index in [1.807, 2.05) is 6.34 Å². The Morgan fingerprint density at radius 3 is 1.93 bits per heavy atom. The molecule has 4 heteroatoms. The molecule has 0 radical (unpaired) electrons. The summed E-state index contributed by atoms with van der Waals surface area (Å²) >= 11 is 0. The van der Waals surface area contributed by atoms with Crippen molar-refractivity contribution >= 4 is 18.7 Å². The van der Waals surface area contributed by atoms with E-state index in [0.29, 0.717) is 0 Å². The predicted molar refractivity (Wildman–Crippen MR) is 125 cm³/mol. The summed E-state index contributed by atoms with van der Waals surface area (Å²) in [7, 11) is 0. The summed E-state index contributed by atoms with van der Waals surface area (Å²) in [5.41, 5.74) is 1.39. The topological polar surface area (TPSA) is 18.8 Å². The molecule has 0 saturated heterocycles. The van der Waals surface area contributed by atoms with Crippen molar-refractivity contribution in [2.24, 2.45) is 4.99 Å². The van der Waals surface area contributed by atoms with Gasteiger partial charge in [0.05, 0.1) is 19.4 Å². The van der Waals surface area contributed by atoms with E-state index in [9.17, 15) is 0 Å². The van der Waals surface area contributed by atoms with E-state index >= 15 is 0 Å². The van der Waals surface area contributed by atoms with Crippen LogP contribution in [-0.2, 0) is 6.54 Å². The van der Waals surface area contributed by atoms with Crippen molar-refractivity contribution in [2.75, 3.05) is 19.6 Å². The quantitative estimate of drug-likeness (QED) is 0.278. The average Bonchev–Trinajstić information content (AvgIpc) is 3.23. The number of rotatable bonds is 16. The van der Waals surface area contributed by atoms with E-state index in [0.717, 1.165) is 26.2 Å². The fourth-order valence-electron chi connectivity index (χ4n) is 3.81. The van der Waals surface area contributed by atoms with Crippen molar-refractivity contribution in [2.45, 2.75) is 90.5 Å². The fraction of sp³-hybridized carbons (Fsp3) is 0.708. The monoisotopic (exact) mass is 407 g/mol. The Hall–Kier alpha value is -1.06. The number of unbranched alkanes of at least 4 members (excludes halogenated alkanes) is 11. The normalized spacial score (nSPS) is 13.3. The minimum atomic E-state index is 0. The maximum atomic E-state index is 4.40. The molecule has 28 heavy (non-hydrogen) atoms. The highest BCUT2D eigenvalue weighted by atomic mass is 35.5. The SMILES string of the molecule is CCCCCCCCCCCCCCN(Cc1ccccc1)N1C=NCC1.Cl. The van der Waals surface area contributed by atoms with Crippen LogP contribution in [0.25, 0.3) is 0 Å². The maximum absolute atomic E-state index is 4.40. The van der Waals surface area contributed by atoms with E-state index < -0.39 is 0 Å². The van der Waals surface area contributed by atoms with Crippen molar-refractivity contribution in [1.82, 2.24) is 10.0 Å². The Morgan fingerprint density at radius 2 is 1.39 bits per heavy atom. The zero-order chi connectivity index (χ0) is 19.0. The molecule has 3 nitrogen and oxygen atoms in total. The molecule has 0 N–H and O–H groups in total. The summed E-state index contributed by atoms with van der Waals surface area (Å²) in [5.74, 6) is 0. The van der Waals surface area contributed by atoms with Gasteiger partial charge in [-0.05, 0) is 12.0 Å². The third kappa shape index (κ3) is 11.1. The lowest BCUT2D eigenvalue weighted by Gasteiger charge is -2.31.